The molecule has 0 spiro atoms. The van der Waals surface area contributed by atoms with E-state index < -0.39 is 0 Å². The minimum atomic E-state index is -0.300. The number of ether oxygens (including phenoxy) is 1. The van der Waals surface area contributed by atoms with Crippen molar-refractivity contribution in [1.82, 2.24) is 15.2 Å². The molecule has 5 nitrogen and oxygen atoms in total. The number of nitrogens with one attached hydrogen (secondary N) is 1. The van der Waals surface area contributed by atoms with Crippen LogP contribution in [0.5, 0.6) is 5.75 Å². The summed E-state index contributed by atoms with van der Waals surface area (Å²) in [4.78, 5) is 19.5. The van der Waals surface area contributed by atoms with E-state index in [1.807, 2.05) is 11.8 Å². The summed E-state index contributed by atoms with van der Waals surface area (Å²) in [6, 6.07) is 5.84. The van der Waals surface area contributed by atoms with Crippen LogP contribution in [-0.2, 0) is 6.61 Å². The number of rotatable bonds is 4. The van der Waals surface area contributed by atoms with Gasteiger partial charge in [-0.25, -0.2) is 9.37 Å². The van der Waals surface area contributed by atoms with Crippen molar-refractivity contribution in [3.8, 4) is 5.75 Å². The third kappa shape index (κ3) is 3.86. The fraction of sp³-hybridized carbons (Fsp3) is 0.375. The van der Waals surface area contributed by atoms with Crippen LogP contribution in [0.4, 0.5) is 4.39 Å². The summed E-state index contributed by atoms with van der Waals surface area (Å²) < 4.78 is 18.4. The van der Waals surface area contributed by atoms with Crippen LogP contribution in [0.1, 0.15) is 20.4 Å². The molecule has 0 bridgehead atoms. The van der Waals surface area contributed by atoms with Crippen LogP contribution >= 0.6 is 11.3 Å². The summed E-state index contributed by atoms with van der Waals surface area (Å²) in [6.45, 7) is 5.20. The van der Waals surface area contributed by atoms with E-state index in [0.717, 1.165) is 36.9 Å². The van der Waals surface area contributed by atoms with E-state index in [9.17, 15) is 9.18 Å². The van der Waals surface area contributed by atoms with Gasteiger partial charge in [-0.2, -0.15) is 0 Å². The van der Waals surface area contributed by atoms with Gasteiger partial charge in [0, 0.05) is 26.2 Å². The molecule has 0 unspecified atom stereocenters. The lowest BCUT2D eigenvalue weighted by Gasteiger charge is -2.27. The van der Waals surface area contributed by atoms with Gasteiger partial charge in [-0.05, 0) is 31.2 Å². The van der Waals surface area contributed by atoms with Gasteiger partial charge in [0.25, 0.3) is 5.91 Å². The summed E-state index contributed by atoms with van der Waals surface area (Å²) >= 11 is 1.36. The Balaban J connectivity index is 1.65. The Morgan fingerprint density at radius 3 is 2.74 bits per heavy atom. The normalized spacial score (nSPS) is 14.8. The van der Waals surface area contributed by atoms with E-state index in [1.54, 1.807) is 12.1 Å². The van der Waals surface area contributed by atoms with E-state index in [0.29, 0.717) is 10.6 Å². The average Bonchev–Trinajstić information content (AvgIpc) is 2.95. The van der Waals surface area contributed by atoms with Gasteiger partial charge in [0.1, 0.15) is 28.1 Å². The molecule has 3 rings (SSSR count). The van der Waals surface area contributed by atoms with Crippen molar-refractivity contribution in [2.75, 3.05) is 26.2 Å². The van der Waals surface area contributed by atoms with Gasteiger partial charge in [0.05, 0.1) is 5.69 Å². The van der Waals surface area contributed by atoms with Gasteiger partial charge in [0.15, 0.2) is 0 Å². The van der Waals surface area contributed by atoms with Crippen LogP contribution in [0.2, 0.25) is 0 Å². The van der Waals surface area contributed by atoms with Crippen molar-refractivity contribution < 1.29 is 13.9 Å². The second kappa shape index (κ2) is 7.06. The highest BCUT2D eigenvalue weighted by atomic mass is 32.1. The summed E-state index contributed by atoms with van der Waals surface area (Å²) in [5.41, 5.74) is 0.733. The molecule has 0 atom stereocenters. The van der Waals surface area contributed by atoms with Crippen LogP contribution in [0.15, 0.2) is 24.3 Å². The minimum absolute atomic E-state index is 0.0366. The Hall–Kier alpha value is -1.99. The maximum Gasteiger partial charge on any atom is 0.265 e. The molecule has 1 aliphatic heterocycles. The molecular weight excluding hydrogens is 317 g/mol. The zero-order valence-electron chi connectivity index (χ0n) is 12.8. The summed E-state index contributed by atoms with van der Waals surface area (Å²) in [5.74, 6) is 0.315. The molecule has 1 aromatic heterocycles. The molecule has 2 heterocycles. The Bertz CT molecular complexity index is 681. The number of benzene rings is 1. The molecule has 1 fully saturated rings. The lowest BCUT2D eigenvalue weighted by molar-refractivity contribution is 0.0739. The molecule has 1 aliphatic rings. The molecule has 0 radical (unpaired) electrons. The number of thiazole rings is 1. The Morgan fingerprint density at radius 2 is 2.04 bits per heavy atom. The number of piperazine rings is 1. The first-order valence-corrected chi connectivity index (χ1v) is 8.30. The second-order valence-corrected chi connectivity index (χ2v) is 6.39. The Morgan fingerprint density at radius 1 is 1.35 bits per heavy atom. The van der Waals surface area contributed by atoms with E-state index in [2.05, 4.69) is 10.3 Å². The van der Waals surface area contributed by atoms with Crippen molar-refractivity contribution in [1.29, 1.82) is 0 Å². The highest BCUT2D eigenvalue weighted by Gasteiger charge is 2.22. The van der Waals surface area contributed by atoms with Crippen molar-refractivity contribution in [3.63, 3.8) is 0 Å². The first-order chi connectivity index (χ1) is 11.1. The van der Waals surface area contributed by atoms with Crippen LogP contribution in [0.3, 0.4) is 0 Å². The summed E-state index contributed by atoms with van der Waals surface area (Å²) in [5, 5.41) is 3.97. The van der Waals surface area contributed by atoms with Crippen LogP contribution < -0.4 is 10.1 Å². The predicted molar refractivity (Wildman–Crippen MR) is 86.4 cm³/mol. The molecule has 2 aromatic rings. The molecule has 1 N–H and O–H groups in total. The third-order valence-corrected chi connectivity index (χ3v) is 4.73. The first kappa shape index (κ1) is 15.9. The van der Waals surface area contributed by atoms with E-state index in [-0.39, 0.29) is 18.3 Å². The predicted octanol–water partition coefficient (Wildman–Crippen LogP) is 2.22. The number of amides is 1. The van der Waals surface area contributed by atoms with Gasteiger partial charge in [-0.3, -0.25) is 4.79 Å². The average molecular weight is 335 g/mol. The zero-order valence-corrected chi connectivity index (χ0v) is 13.7. The number of nitrogens with zero attached hydrogens (tertiary/aromatic N) is 2. The number of carbonyl (C=O) groups excluding carboxylic acids is 1. The highest BCUT2D eigenvalue weighted by molar-refractivity contribution is 7.13. The SMILES string of the molecule is Cc1nc(COc2ccc(F)cc2)sc1C(=O)N1CCNCC1. The first-order valence-electron chi connectivity index (χ1n) is 7.48. The maximum absolute atomic E-state index is 12.9. The van der Waals surface area contributed by atoms with E-state index >= 15 is 0 Å². The fourth-order valence-corrected chi connectivity index (χ4v) is 3.35. The largest absolute Gasteiger partial charge is 0.486 e. The number of hydrogen-bond acceptors (Lipinski definition) is 5. The number of aromatic nitrogens is 1. The number of halogens is 1. The van der Waals surface area contributed by atoms with Crippen molar-refractivity contribution in [2.24, 2.45) is 0 Å². The number of aryl methyl sites for hydroxylation is 1. The molecule has 23 heavy (non-hydrogen) atoms. The van der Waals surface area contributed by atoms with Crippen molar-refractivity contribution >= 4 is 17.2 Å². The standard InChI is InChI=1S/C16H18FN3O2S/c1-11-15(16(21)20-8-6-18-7-9-20)23-14(19-11)10-22-13-4-2-12(17)3-5-13/h2-5,18H,6-10H2,1H3. The molecule has 0 aliphatic carbocycles. The lowest BCUT2D eigenvalue weighted by Crippen LogP contribution is -2.46. The minimum Gasteiger partial charge on any atom is -0.486 e. The van der Waals surface area contributed by atoms with Crippen LogP contribution in [0.25, 0.3) is 0 Å². The Labute approximate surface area is 138 Å². The van der Waals surface area contributed by atoms with Crippen LogP contribution in [0, 0.1) is 12.7 Å². The summed E-state index contributed by atoms with van der Waals surface area (Å²) in [6.07, 6.45) is 0. The molecule has 1 amide bonds. The topological polar surface area (TPSA) is 54.5 Å². The van der Waals surface area contributed by atoms with Crippen LogP contribution in [-0.4, -0.2) is 42.0 Å². The number of carbonyl (C=O) groups is 1. The molecule has 1 aromatic carbocycles. The Kier molecular flexibility index (Phi) is 4.88. The van der Waals surface area contributed by atoms with Crippen molar-refractivity contribution in [3.05, 3.63) is 45.7 Å². The van der Waals surface area contributed by atoms with E-state index in [1.165, 1.54) is 23.5 Å². The molecule has 0 saturated carbocycles. The quantitative estimate of drug-likeness (QED) is 0.931. The van der Waals surface area contributed by atoms with Gasteiger partial charge in [-0.15, -0.1) is 11.3 Å². The lowest BCUT2D eigenvalue weighted by atomic mass is 10.3. The zero-order chi connectivity index (χ0) is 16.2. The monoisotopic (exact) mass is 335 g/mol. The molecule has 122 valence electrons. The van der Waals surface area contributed by atoms with Gasteiger partial charge >= 0.3 is 0 Å². The maximum atomic E-state index is 12.9. The van der Waals surface area contributed by atoms with Gasteiger partial charge < -0.3 is 15.0 Å². The van der Waals surface area contributed by atoms with E-state index in [4.69, 9.17) is 4.74 Å². The molecule has 7 heteroatoms. The third-order valence-electron chi connectivity index (χ3n) is 3.62. The number of hydrogen-bond donors (Lipinski definition) is 1. The van der Waals surface area contributed by atoms with Crippen molar-refractivity contribution in [2.45, 2.75) is 13.5 Å². The smallest absolute Gasteiger partial charge is 0.265 e. The summed E-state index contributed by atoms with van der Waals surface area (Å²) in [7, 11) is 0. The highest BCUT2D eigenvalue weighted by Crippen LogP contribution is 2.22. The molecular formula is C16H18FN3O2S. The second-order valence-electron chi connectivity index (χ2n) is 5.31. The molecule has 1 saturated heterocycles. The van der Waals surface area contributed by atoms with Gasteiger partial charge in [0.2, 0.25) is 0 Å². The fourth-order valence-electron chi connectivity index (χ4n) is 2.40. The van der Waals surface area contributed by atoms with Gasteiger partial charge in [-0.1, -0.05) is 0 Å².